The van der Waals surface area contributed by atoms with Crippen molar-refractivity contribution in [2.45, 2.75) is 75.6 Å². The fourth-order valence-electron chi connectivity index (χ4n) is 5.64. The summed E-state index contributed by atoms with van der Waals surface area (Å²) in [4.78, 5) is 55.5. The molecule has 1 aliphatic heterocycles. The molecule has 4 amide bonds. The Morgan fingerprint density at radius 1 is 1.00 bits per heavy atom. The van der Waals surface area contributed by atoms with Crippen LogP contribution in [0.25, 0.3) is 10.8 Å². The molecule has 1 saturated heterocycles. The van der Waals surface area contributed by atoms with Crippen LogP contribution in [0.3, 0.4) is 0 Å². The second kappa shape index (κ2) is 16.1. The first kappa shape index (κ1) is 37.1. The maximum atomic E-state index is 14.0. The number of hydrogen-bond donors (Lipinski definition) is 4. The SMILES string of the molecule is CSC[C@H](NC(=O)COc1cccc2ccccc12)C(=O)N[C@@H](Cc1ccccc1)[C@H](O)C(=O)N1CSC(C)(C)[C@H]1C(=O)NC(C)(C)C. The fourth-order valence-corrected chi connectivity index (χ4v) is 7.34. The summed E-state index contributed by atoms with van der Waals surface area (Å²) in [6.45, 7) is 9.09. The van der Waals surface area contributed by atoms with E-state index in [-0.39, 0.29) is 30.6 Å². The van der Waals surface area contributed by atoms with E-state index in [4.69, 9.17) is 4.74 Å². The molecule has 1 heterocycles. The van der Waals surface area contributed by atoms with E-state index < -0.39 is 52.2 Å². The van der Waals surface area contributed by atoms with Gasteiger partial charge in [0.25, 0.3) is 11.8 Å². The summed E-state index contributed by atoms with van der Waals surface area (Å²) in [5, 5.41) is 22.0. The van der Waals surface area contributed by atoms with Gasteiger partial charge in [-0.05, 0) is 64.3 Å². The van der Waals surface area contributed by atoms with Crippen molar-refractivity contribution >= 4 is 57.9 Å². The number of amides is 4. The summed E-state index contributed by atoms with van der Waals surface area (Å²) in [5.74, 6) is -0.992. The Bertz CT molecular complexity index is 1590. The number of aliphatic hydroxyl groups excluding tert-OH is 1. The van der Waals surface area contributed by atoms with E-state index in [2.05, 4.69) is 16.0 Å². The second-order valence-corrected chi connectivity index (χ2v) is 15.9. The van der Waals surface area contributed by atoms with Crippen molar-refractivity contribution in [1.29, 1.82) is 0 Å². The zero-order valence-corrected chi connectivity index (χ0v) is 30.0. The van der Waals surface area contributed by atoms with Gasteiger partial charge in [-0.2, -0.15) is 11.8 Å². The van der Waals surface area contributed by atoms with Crippen LogP contribution in [0.2, 0.25) is 0 Å². The van der Waals surface area contributed by atoms with E-state index in [1.807, 2.05) is 108 Å². The van der Waals surface area contributed by atoms with Crippen LogP contribution in [0.4, 0.5) is 0 Å². The minimum Gasteiger partial charge on any atom is -0.483 e. The largest absolute Gasteiger partial charge is 0.483 e. The first-order valence-electron chi connectivity index (χ1n) is 15.9. The standard InChI is InChI=1S/C36H46N4O6S2/c1-35(2,3)39-33(44)31-36(4,5)48-22-40(31)34(45)30(42)26(19-23-13-8-7-9-14-23)38-32(43)27(21-47-6)37-29(41)20-46-28-18-12-16-24-15-10-11-17-25(24)28/h7-18,26-27,30-31,42H,19-22H2,1-6H3,(H,37,41)(H,38,43)(H,39,44)/t26-,27-,30-,31+/m0/s1. The Kier molecular flexibility index (Phi) is 12.4. The minimum absolute atomic E-state index is 0.146. The highest BCUT2D eigenvalue weighted by Crippen LogP contribution is 2.40. The Balaban J connectivity index is 1.50. The first-order chi connectivity index (χ1) is 22.7. The number of hydrogen-bond acceptors (Lipinski definition) is 8. The Morgan fingerprint density at radius 2 is 1.67 bits per heavy atom. The summed E-state index contributed by atoms with van der Waals surface area (Å²) in [6.07, 6.45) is 0.301. The second-order valence-electron chi connectivity index (χ2n) is 13.4. The van der Waals surface area contributed by atoms with Crippen LogP contribution >= 0.6 is 23.5 Å². The number of benzene rings is 3. The highest BCUT2D eigenvalue weighted by molar-refractivity contribution is 8.00. The van der Waals surface area contributed by atoms with Crippen LogP contribution < -0.4 is 20.7 Å². The van der Waals surface area contributed by atoms with Crippen LogP contribution in [-0.4, -0.2) is 92.6 Å². The number of carbonyl (C=O) groups is 4. The molecule has 0 unspecified atom stereocenters. The Hall–Kier alpha value is -3.74. The molecule has 1 fully saturated rings. The number of fused-ring (bicyclic) bond motifs is 1. The van der Waals surface area contributed by atoms with Crippen LogP contribution in [0.1, 0.15) is 40.2 Å². The van der Waals surface area contributed by atoms with Crippen molar-refractivity contribution < 1.29 is 29.0 Å². The summed E-state index contributed by atoms with van der Waals surface area (Å²) < 4.78 is 5.22. The van der Waals surface area contributed by atoms with Gasteiger partial charge in [0.1, 0.15) is 17.8 Å². The molecule has 0 saturated carbocycles. The lowest BCUT2D eigenvalue weighted by atomic mass is 9.96. The van der Waals surface area contributed by atoms with Crippen molar-refractivity contribution in [2.75, 3.05) is 24.5 Å². The molecule has 10 nitrogen and oxygen atoms in total. The van der Waals surface area contributed by atoms with E-state index in [0.29, 0.717) is 5.75 Å². The van der Waals surface area contributed by atoms with Crippen molar-refractivity contribution in [3.8, 4) is 5.75 Å². The van der Waals surface area contributed by atoms with Gasteiger partial charge in [0.2, 0.25) is 11.8 Å². The van der Waals surface area contributed by atoms with Crippen molar-refractivity contribution in [3.63, 3.8) is 0 Å². The number of nitrogens with one attached hydrogen (secondary N) is 3. The third kappa shape index (κ3) is 9.67. The lowest BCUT2D eigenvalue weighted by Gasteiger charge is -2.35. The highest BCUT2D eigenvalue weighted by Gasteiger charge is 2.50. The molecule has 0 spiro atoms. The minimum atomic E-state index is -1.66. The average Bonchev–Trinajstić information content (AvgIpc) is 3.36. The zero-order chi connectivity index (χ0) is 35.1. The van der Waals surface area contributed by atoms with Gasteiger partial charge in [-0.25, -0.2) is 0 Å². The number of ether oxygens (including phenoxy) is 1. The van der Waals surface area contributed by atoms with Crippen molar-refractivity contribution in [2.24, 2.45) is 0 Å². The Morgan fingerprint density at radius 3 is 2.35 bits per heavy atom. The van der Waals surface area contributed by atoms with Gasteiger partial charge in [0.15, 0.2) is 12.7 Å². The highest BCUT2D eigenvalue weighted by atomic mass is 32.2. The maximum absolute atomic E-state index is 14.0. The van der Waals surface area contributed by atoms with E-state index >= 15 is 0 Å². The number of carbonyl (C=O) groups excluding carboxylic acids is 4. The van der Waals surface area contributed by atoms with E-state index in [1.54, 1.807) is 6.07 Å². The molecule has 3 aromatic carbocycles. The van der Waals surface area contributed by atoms with Gasteiger partial charge >= 0.3 is 0 Å². The lowest BCUT2D eigenvalue weighted by molar-refractivity contribution is -0.148. The monoisotopic (exact) mass is 694 g/mol. The van der Waals surface area contributed by atoms with E-state index in [1.165, 1.54) is 28.4 Å². The summed E-state index contributed by atoms with van der Waals surface area (Å²) >= 11 is 2.82. The molecule has 12 heteroatoms. The van der Waals surface area contributed by atoms with Crippen molar-refractivity contribution in [3.05, 3.63) is 78.4 Å². The smallest absolute Gasteiger partial charge is 0.258 e. The van der Waals surface area contributed by atoms with E-state index in [9.17, 15) is 24.3 Å². The van der Waals surface area contributed by atoms with Gasteiger partial charge in [0.05, 0.1) is 11.9 Å². The lowest BCUT2D eigenvalue weighted by Crippen LogP contribution is -2.61. The average molecular weight is 695 g/mol. The van der Waals surface area contributed by atoms with Gasteiger partial charge in [-0.3, -0.25) is 19.2 Å². The molecule has 0 bridgehead atoms. The maximum Gasteiger partial charge on any atom is 0.258 e. The predicted molar refractivity (Wildman–Crippen MR) is 193 cm³/mol. The number of thioether (sulfide) groups is 2. The first-order valence-corrected chi connectivity index (χ1v) is 18.3. The van der Waals surface area contributed by atoms with Crippen LogP contribution in [0.5, 0.6) is 5.75 Å². The molecule has 4 atom stereocenters. The molecular weight excluding hydrogens is 649 g/mol. The van der Waals surface area contributed by atoms with Crippen molar-refractivity contribution in [1.82, 2.24) is 20.9 Å². The van der Waals surface area contributed by atoms with E-state index in [0.717, 1.165) is 16.3 Å². The molecule has 4 N–H and O–H groups in total. The molecule has 0 aliphatic carbocycles. The molecule has 4 rings (SSSR count). The quantitative estimate of drug-likeness (QED) is 0.213. The number of nitrogens with zero attached hydrogens (tertiary/aromatic N) is 1. The molecular formula is C36H46N4O6S2. The molecule has 48 heavy (non-hydrogen) atoms. The summed E-state index contributed by atoms with van der Waals surface area (Å²) in [5.41, 5.74) is 0.274. The van der Waals surface area contributed by atoms with Crippen LogP contribution in [-0.2, 0) is 25.6 Å². The molecule has 3 aromatic rings. The van der Waals surface area contributed by atoms with Crippen LogP contribution in [0, 0.1) is 0 Å². The van der Waals surface area contributed by atoms with Gasteiger partial charge in [-0.1, -0.05) is 66.7 Å². The van der Waals surface area contributed by atoms with Crippen LogP contribution in [0.15, 0.2) is 72.8 Å². The molecule has 258 valence electrons. The summed E-state index contributed by atoms with van der Waals surface area (Å²) in [6, 6.07) is 19.6. The zero-order valence-electron chi connectivity index (χ0n) is 28.3. The number of rotatable bonds is 13. The normalized spacial score (nSPS) is 17.6. The third-order valence-electron chi connectivity index (χ3n) is 7.93. The van der Waals surface area contributed by atoms with Gasteiger partial charge < -0.3 is 30.7 Å². The molecule has 0 radical (unpaired) electrons. The predicted octanol–water partition coefficient (Wildman–Crippen LogP) is 3.75. The van der Waals surface area contributed by atoms with Gasteiger partial charge in [0, 0.05) is 21.4 Å². The summed E-state index contributed by atoms with van der Waals surface area (Å²) in [7, 11) is 0. The van der Waals surface area contributed by atoms with Gasteiger partial charge in [-0.15, -0.1) is 11.8 Å². The Labute approximate surface area is 291 Å². The molecule has 1 aliphatic rings. The third-order valence-corrected chi connectivity index (χ3v) is 9.97. The topological polar surface area (TPSA) is 137 Å². The molecule has 0 aromatic heterocycles. The number of aliphatic hydroxyl groups is 1. The fraction of sp³-hybridized carbons (Fsp3) is 0.444.